The topological polar surface area (TPSA) is 82.2 Å². The van der Waals surface area contributed by atoms with Gasteiger partial charge in [0.2, 0.25) is 0 Å². The standard InChI is InChI=1S/C13H18N4O2/c1-3-16(4-2)9-8-15-12-7-5-6-11(10-14)13(12)17(18)19/h5-7,15H,3-4,8-9H2,1-2H3. The van der Waals surface area contributed by atoms with Crippen molar-refractivity contribution in [3.05, 3.63) is 33.9 Å². The third kappa shape index (κ3) is 3.93. The Bertz CT molecular complexity index is 478. The fraction of sp³-hybridized carbons (Fsp3) is 0.462. The molecule has 102 valence electrons. The van der Waals surface area contributed by atoms with Crippen LogP contribution in [-0.2, 0) is 0 Å². The van der Waals surface area contributed by atoms with Gasteiger partial charge in [-0.2, -0.15) is 5.26 Å². The van der Waals surface area contributed by atoms with Gasteiger partial charge in [0.15, 0.2) is 0 Å². The zero-order valence-electron chi connectivity index (χ0n) is 11.2. The van der Waals surface area contributed by atoms with Crippen molar-refractivity contribution in [3.8, 4) is 6.07 Å². The first-order valence-corrected chi connectivity index (χ1v) is 6.27. The molecule has 0 atom stereocenters. The normalized spacial score (nSPS) is 10.2. The molecule has 0 saturated heterocycles. The minimum Gasteiger partial charge on any atom is -0.378 e. The summed E-state index contributed by atoms with van der Waals surface area (Å²) in [6.45, 7) is 7.44. The molecule has 1 N–H and O–H groups in total. The number of nitriles is 1. The maximum absolute atomic E-state index is 11.0. The molecule has 0 aliphatic heterocycles. The quantitative estimate of drug-likeness (QED) is 0.601. The van der Waals surface area contributed by atoms with Crippen LogP contribution in [0.2, 0.25) is 0 Å². The molecule has 1 aromatic rings. The highest BCUT2D eigenvalue weighted by molar-refractivity contribution is 5.68. The maximum atomic E-state index is 11.0. The van der Waals surface area contributed by atoms with Gasteiger partial charge in [-0.05, 0) is 25.2 Å². The molecule has 19 heavy (non-hydrogen) atoms. The van der Waals surface area contributed by atoms with Crippen LogP contribution in [0.4, 0.5) is 11.4 Å². The van der Waals surface area contributed by atoms with Crippen molar-refractivity contribution in [2.75, 3.05) is 31.5 Å². The Kier molecular flexibility index (Phi) is 5.76. The average molecular weight is 262 g/mol. The lowest BCUT2D eigenvalue weighted by molar-refractivity contribution is -0.384. The highest BCUT2D eigenvalue weighted by Crippen LogP contribution is 2.27. The smallest absolute Gasteiger partial charge is 0.309 e. The van der Waals surface area contributed by atoms with Gasteiger partial charge in [-0.1, -0.05) is 19.9 Å². The maximum Gasteiger partial charge on any atom is 0.309 e. The first-order valence-electron chi connectivity index (χ1n) is 6.27. The second kappa shape index (κ2) is 7.34. The molecule has 0 amide bonds. The molecule has 1 aromatic carbocycles. The van der Waals surface area contributed by atoms with Gasteiger partial charge in [0, 0.05) is 13.1 Å². The van der Waals surface area contributed by atoms with Crippen LogP contribution in [0.5, 0.6) is 0 Å². The number of benzene rings is 1. The minimum atomic E-state index is -0.516. The first kappa shape index (κ1) is 14.9. The van der Waals surface area contributed by atoms with E-state index in [1.807, 2.05) is 6.07 Å². The van der Waals surface area contributed by atoms with E-state index >= 15 is 0 Å². The molecule has 6 nitrogen and oxygen atoms in total. The Hall–Kier alpha value is -2.13. The van der Waals surface area contributed by atoms with Gasteiger partial charge in [0.05, 0.1) is 4.92 Å². The number of hydrogen-bond acceptors (Lipinski definition) is 5. The van der Waals surface area contributed by atoms with Crippen LogP contribution < -0.4 is 5.32 Å². The lowest BCUT2D eigenvalue weighted by Crippen LogP contribution is -2.28. The zero-order chi connectivity index (χ0) is 14.3. The number of nitro groups is 1. The molecule has 0 aliphatic carbocycles. The van der Waals surface area contributed by atoms with Gasteiger partial charge < -0.3 is 10.2 Å². The van der Waals surface area contributed by atoms with E-state index in [4.69, 9.17) is 5.26 Å². The summed E-state index contributed by atoms with van der Waals surface area (Å²) in [4.78, 5) is 12.7. The van der Waals surface area contributed by atoms with E-state index in [1.165, 1.54) is 6.07 Å². The number of nitro benzene ring substituents is 1. The lowest BCUT2D eigenvalue weighted by Gasteiger charge is -2.18. The number of nitrogens with zero attached hydrogens (tertiary/aromatic N) is 3. The van der Waals surface area contributed by atoms with Crippen molar-refractivity contribution >= 4 is 11.4 Å². The Balaban J connectivity index is 2.79. The molecule has 0 unspecified atom stereocenters. The van der Waals surface area contributed by atoms with Gasteiger partial charge in [-0.15, -0.1) is 0 Å². The van der Waals surface area contributed by atoms with E-state index in [2.05, 4.69) is 24.1 Å². The molecular formula is C13H18N4O2. The molecule has 0 heterocycles. The molecule has 0 aromatic heterocycles. The van der Waals surface area contributed by atoms with Crippen LogP contribution >= 0.6 is 0 Å². The second-order valence-electron chi connectivity index (χ2n) is 4.02. The molecule has 0 fully saturated rings. The van der Waals surface area contributed by atoms with Gasteiger partial charge in [-0.3, -0.25) is 10.1 Å². The van der Waals surface area contributed by atoms with Gasteiger partial charge in [-0.25, -0.2) is 0 Å². The first-order chi connectivity index (χ1) is 9.13. The molecule has 6 heteroatoms. The van der Waals surface area contributed by atoms with Crippen molar-refractivity contribution in [2.45, 2.75) is 13.8 Å². The van der Waals surface area contributed by atoms with Crippen molar-refractivity contribution in [1.82, 2.24) is 4.90 Å². The highest BCUT2D eigenvalue weighted by atomic mass is 16.6. The van der Waals surface area contributed by atoms with E-state index in [-0.39, 0.29) is 11.3 Å². The summed E-state index contributed by atoms with van der Waals surface area (Å²) in [5.74, 6) is 0. The Morgan fingerprint density at radius 1 is 1.42 bits per heavy atom. The summed E-state index contributed by atoms with van der Waals surface area (Å²) in [6.07, 6.45) is 0. The fourth-order valence-electron chi connectivity index (χ4n) is 1.86. The average Bonchev–Trinajstić information content (AvgIpc) is 2.42. The number of nitrogens with one attached hydrogen (secondary N) is 1. The molecular weight excluding hydrogens is 244 g/mol. The van der Waals surface area contributed by atoms with Crippen LogP contribution in [0.1, 0.15) is 19.4 Å². The van der Waals surface area contributed by atoms with Crippen LogP contribution in [0.25, 0.3) is 0 Å². The zero-order valence-corrected chi connectivity index (χ0v) is 11.2. The summed E-state index contributed by atoms with van der Waals surface area (Å²) >= 11 is 0. The molecule has 0 bridgehead atoms. The molecule has 0 aliphatic rings. The van der Waals surface area contributed by atoms with Crippen LogP contribution in [0, 0.1) is 21.4 Å². The Morgan fingerprint density at radius 2 is 2.11 bits per heavy atom. The summed E-state index contributed by atoms with van der Waals surface area (Å²) in [6, 6.07) is 6.57. The highest BCUT2D eigenvalue weighted by Gasteiger charge is 2.19. The van der Waals surface area contributed by atoms with Crippen LogP contribution in [0.15, 0.2) is 18.2 Å². The van der Waals surface area contributed by atoms with Gasteiger partial charge in [0.25, 0.3) is 0 Å². The third-order valence-electron chi connectivity index (χ3n) is 2.98. The largest absolute Gasteiger partial charge is 0.378 e. The number of likely N-dealkylation sites (N-methyl/N-ethyl adjacent to an activating group) is 1. The van der Waals surface area contributed by atoms with Crippen molar-refractivity contribution in [1.29, 1.82) is 5.26 Å². The lowest BCUT2D eigenvalue weighted by atomic mass is 10.1. The van der Waals surface area contributed by atoms with E-state index in [9.17, 15) is 10.1 Å². The van der Waals surface area contributed by atoms with Gasteiger partial charge in [0.1, 0.15) is 17.3 Å². The number of rotatable bonds is 7. The summed E-state index contributed by atoms with van der Waals surface area (Å²) in [7, 11) is 0. The van der Waals surface area contributed by atoms with Gasteiger partial charge >= 0.3 is 5.69 Å². The predicted molar refractivity (Wildman–Crippen MR) is 74.1 cm³/mol. The Morgan fingerprint density at radius 3 is 2.63 bits per heavy atom. The molecule has 0 saturated carbocycles. The SMILES string of the molecule is CCN(CC)CCNc1cccc(C#N)c1[N+](=O)[O-]. The van der Waals surface area contributed by atoms with Crippen molar-refractivity contribution < 1.29 is 4.92 Å². The molecule has 0 spiro atoms. The van der Waals surface area contributed by atoms with E-state index in [0.29, 0.717) is 12.2 Å². The van der Waals surface area contributed by atoms with E-state index < -0.39 is 4.92 Å². The third-order valence-corrected chi connectivity index (χ3v) is 2.98. The van der Waals surface area contributed by atoms with E-state index in [0.717, 1.165) is 19.6 Å². The second-order valence-corrected chi connectivity index (χ2v) is 4.02. The van der Waals surface area contributed by atoms with Crippen LogP contribution in [-0.4, -0.2) is 36.0 Å². The minimum absolute atomic E-state index is 0.0813. The molecule has 0 radical (unpaired) electrons. The predicted octanol–water partition coefficient (Wildman–Crippen LogP) is 2.22. The number of anilines is 1. The number of hydrogen-bond donors (Lipinski definition) is 1. The monoisotopic (exact) mass is 262 g/mol. The van der Waals surface area contributed by atoms with Crippen molar-refractivity contribution in [3.63, 3.8) is 0 Å². The fourth-order valence-corrected chi connectivity index (χ4v) is 1.86. The summed E-state index contributed by atoms with van der Waals surface area (Å²) < 4.78 is 0. The van der Waals surface area contributed by atoms with Crippen molar-refractivity contribution in [2.24, 2.45) is 0 Å². The summed E-state index contributed by atoms with van der Waals surface area (Å²) in [5, 5.41) is 22.9. The molecule has 1 rings (SSSR count). The Labute approximate surface area is 112 Å². The van der Waals surface area contributed by atoms with Crippen LogP contribution in [0.3, 0.4) is 0 Å². The summed E-state index contributed by atoms with van der Waals surface area (Å²) in [5.41, 5.74) is 0.332. The number of para-hydroxylation sites is 1. The van der Waals surface area contributed by atoms with E-state index in [1.54, 1.807) is 12.1 Å².